The molecule has 0 unspecified atom stereocenters. The predicted molar refractivity (Wildman–Crippen MR) is 48.6 cm³/mol. The van der Waals surface area contributed by atoms with Crippen molar-refractivity contribution in [2.75, 3.05) is 0 Å². The van der Waals surface area contributed by atoms with Gasteiger partial charge in [-0.25, -0.2) is 8.42 Å². The van der Waals surface area contributed by atoms with E-state index in [-0.39, 0.29) is 56.3 Å². The summed E-state index contributed by atoms with van der Waals surface area (Å²) in [4.78, 5) is -0.115. The minimum atomic E-state index is -4.32. The zero-order chi connectivity index (χ0) is 10.2. The largest absolute Gasteiger partial charge is 1.00 e. The van der Waals surface area contributed by atoms with E-state index >= 15 is 0 Å². The fraction of sp³-hybridized carbons (Fsp3) is 0.333. The molecule has 0 amide bonds. The van der Waals surface area contributed by atoms with Gasteiger partial charge in [-0.05, 0) is 43.5 Å². The van der Waals surface area contributed by atoms with E-state index in [1.807, 2.05) is 6.92 Å². The summed E-state index contributed by atoms with van der Waals surface area (Å²) >= 11 is 0. The van der Waals surface area contributed by atoms with Gasteiger partial charge < -0.3 is 4.55 Å². The van der Waals surface area contributed by atoms with Crippen LogP contribution in [-0.2, 0) is 10.1 Å². The van der Waals surface area contributed by atoms with Crippen molar-refractivity contribution < 1.29 is 64.4 Å². The molecule has 0 fully saturated rings. The van der Waals surface area contributed by atoms with E-state index in [1.165, 1.54) is 6.07 Å². The molecule has 1 aromatic carbocycles. The van der Waals surface area contributed by atoms with Gasteiger partial charge in [0.25, 0.3) is 0 Å². The summed E-state index contributed by atoms with van der Waals surface area (Å²) in [5.41, 5.74) is 2.40. The first-order chi connectivity index (χ1) is 5.84. The van der Waals surface area contributed by atoms with Gasteiger partial charge in [-0.1, -0.05) is 6.07 Å². The average molecular weight is 238 g/mol. The molecule has 0 aromatic heterocycles. The number of hydrogen-bond donors (Lipinski definition) is 0. The topological polar surface area (TPSA) is 57.2 Å². The minimum absolute atomic E-state index is 0. The Hall–Kier alpha value is 0.766. The van der Waals surface area contributed by atoms with Crippen molar-refractivity contribution >= 4 is 10.1 Å². The molecule has 0 aliphatic heterocycles. The van der Waals surface area contributed by atoms with Crippen LogP contribution in [0.2, 0.25) is 0 Å². The van der Waals surface area contributed by atoms with Crippen molar-refractivity contribution in [2.45, 2.75) is 25.7 Å². The Bertz CT molecular complexity index is 438. The molecule has 0 aliphatic rings. The van der Waals surface area contributed by atoms with Crippen LogP contribution < -0.4 is 51.4 Å². The maximum absolute atomic E-state index is 10.8. The van der Waals surface area contributed by atoms with Crippen molar-refractivity contribution in [3.8, 4) is 0 Å². The SMILES string of the molecule is Cc1ccc(S(=O)(=O)[O-])c(C)c1C.[K+]. The first kappa shape index (κ1) is 14.8. The minimum Gasteiger partial charge on any atom is -0.744 e. The smallest absolute Gasteiger partial charge is 0.744 e. The number of hydrogen-bond acceptors (Lipinski definition) is 3. The van der Waals surface area contributed by atoms with E-state index in [9.17, 15) is 13.0 Å². The van der Waals surface area contributed by atoms with Crippen LogP contribution in [-0.4, -0.2) is 13.0 Å². The van der Waals surface area contributed by atoms with Crippen LogP contribution in [0.15, 0.2) is 17.0 Å². The third-order valence-corrected chi connectivity index (χ3v) is 3.26. The summed E-state index contributed by atoms with van der Waals surface area (Å²) in [5, 5.41) is 0. The molecule has 0 saturated carbocycles. The Morgan fingerprint density at radius 1 is 1.07 bits per heavy atom. The van der Waals surface area contributed by atoms with E-state index in [0.29, 0.717) is 5.56 Å². The summed E-state index contributed by atoms with van der Waals surface area (Å²) in [6.45, 7) is 5.33. The van der Waals surface area contributed by atoms with E-state index in [2.05, 4.69) is 0 Å². The second-order valence-electron chi connectivity index (χ2n) is 3.08. The number of rotatable bonds is 1. The van der Waals surface area contributed by atoms with Crippen LogP contribution in [0.3, 0.4) is 0 Å². The average Bonchev–Trinajstić information content (AvgIpc) is 1.98. The standard InChI is InChI=1S/C9H12O3S.K/c1-6-4-5-9(13(10,11)12)8(3)7(6)2;/h4-5H,1-3H3,(H,10,11,12);/q;+1/p-1. The van der Waals surface area contributed by atoms with Gasteiger partial charge in [0.15, 0.2) is 0 Å². The second-order valence-corrected chi connectivity index (χ2v) is 4.43. The van der Waals surface area contributed by atoms with Crippen LogP contribution in [0, 0.1) is 20.8 Å². The second kappa shape index (κ2) is 5.20. The van der Waals surface area contributed by atoms with Gasteiger partial charge in [0, 0.05) is 0 Å². The maximum Gasteiger partial charge on any atom is 1.00 e. The Balaban J connectivity index is 0.00000169. The fourth-order valence-electron chi connectivity index (χ4n) is 1.20. The van der Waals surface area contributed by atoms with Crippen molar-refractivity contribution in [3.63, 3.8) is 0 Å². The van der Waals surface area contributed by atoms with Crippen LogP contribution in [0.1, 0.15) is 16.7 Å². The summed E-state index contributed by atoms with van der Waals surface area (Å²) in [6, 6.07) is 3.01. The summed E-state index contributed by atoms with van der Waals surface area (Å²) < 4.78 is 32.3. The predicted octanol–water partition coefficient (Wildman–Crippen LogP) is -1.48. The summed E-state index contributed by atoms with van der Waals surface area (Å²) in [7, 11) is -4.32. The molecule has 14 heavy (non-hydrogen) atoms. The molecule has 0 heterocycles. The van der Waals surface area contributed by atoms with Gasteiger partial charge in [0.1, 0.15) is 10.1 Å². The molecule has 1 rings (SSSR count). The molecular weight excluding hydrogens is 227 g/mol. The Morgan fingerprint density at radius 3 is 2.00 bits per heavy atom. The van der Waals surface area contributed by atoms with E-state index in [4.69, 9.17) is 0 Å². The van der Waals surface area contributed by atoms with Gasteiger partial charge in [0.05, 0.1) is 4.90 Å². The molecule has 0 radical (unpaired) electrons. The number of aryl methyl sites for hydroxylation is 1. The fourth-order valence-corrected chi connectivity index (χ4v) is 1.96. The third-order valence-electron chi connectivity index (χ3n) is 2.28. The molecule has 0 aliphatic carbocycles. The van der Waals surface area contributed by atoms with E-state index in [0.717, 1.165) is 11.1 Å². The van der Waals surface area contributed by atoms with Crippen molar-refractivity contribution in [1.29, 1.82) is 0 Å². The van der Waals surface area contributed by atoms with Crippen LogP contribution in [0.5, 0.6) is 0 Å². The molecule has 0 spiro atoms. The molecule has 72 valence electrons. The van der Waals surface area contributed by atoms with Crippen LogP contribution in [0.4, 0.5) is 0 Å². The van der Waals surface area contributed by atoms with Gasteiger partial charge in [0.2, 0.25) is 0 Å². The molecule has 0 saturated heterocycles. The first-order valence-electron chi connectivity index (χ1n) is 3.86. The third kappa shape index (κ3) is 3.13. The quantitative estimate of drug-likeness (QED) is 0.443. The van der Waals surface area contributed by atoms with Crippen molar-refractivity contribution in [3.05, 3.63) is 28.8 Å². The summed E-state index contributed by atoms with van der Waals surface area (Å²) in [5.74, 6) is 0. The zero-order valence-electron chi connectivity index (χ0n) is 8.79. The zero-order valence-corrected chi connectivity index (χ0v) is 12.7. The van der Waals surface area contributed by atoms with Crippen LogP contribution in [0.25, 0.3) is 0 Å². The molecule has 1 aromatic rings. The molecular formula is C9H11KO3S. The molecule has 0 atom stereocenters. The van der Waals surface area contributed by atoms with Gasteiger partial charge in [-0.2, -0.15) is 0 Å². The molecule has 3 nitrogen and oxygen atoms in total. The Morgan fingerprint density at radius 2 is 1.57 bits per heavy atom. The van der Waals surface area contributed by atoms with Crippen molar-refractivity contribution in [2.24, 2.45) is 0 Å². The normalized spacial score (nSPS) is 10.9. The van der Waals surface area contributed by atoms with E-state index in [1.54, 1.807) is 19.9 Å². The van der Waals surface area contributed by atoms with E-state index < -0.39 is 10.1 Å². The first-order valence-corrected chi connectivity index (χ1v) is 5.27. The molecule has 0 N–H and O–H groups in total. The Labute approximate surface area is 127 Å². The van der Waals surface area contributed by atoms with Crippen LogP contribution >= 0.6 is 0 Å². The van der Waals surface area contributed by atoms with Gasteiger partial charge in [-0.3, -0.25) is 0 Å². The molecule has 5 heteroatoms. The number of benzene rings is 1. The van der Waals surface area contributed by atoms with Crippen molar-refractivity contribution in [1.82, 2.24) is 0 Å². The molecule has 0 bridgehead atoms. The summed E-state index contributed by atoms with van der Waals surface area (Å²) in [6.07, 6.45) is 0. The Kier molecular flexibility index (Phi) is 5.49. The maximum atomic E-state index is 10.8. The monoisotopic (exact) mass is 238 g/mol. The van der Waals surface area contributed by atoms with Gasteiger partial charge in [-0.15, -0.1) is 0 Å². The van der Waals surface area contributed by atoms with Gasteiger partial charge >= 0.3 is 51.4 Å².